The number of ether oxygens (including phenoxy) is 4. The summed E-state index contributed by atoms with van der Waals surface area (Å²) in [5.74, 6) is 1.15. The summed E-state index contributed by atoms with van der Waals surface area (Å²) in [6.45, 7) is 0.872. The second kappa shape index (κ2) is 10.6. The van der Waals surface area contributed by atoms with E-state index >= 15 is 0 Å². The highest BCUT2D eigenvalue weighted by Gasteiger charge is 2.64. The molecule has 0 saturated carbocycles. The molecule has 2 aliphatic rings. The summed E-state index contributed by atoms with van der Waals surface area (Å²) in [5.41, 5.74) is 3.22. The van der Waals surface area contributed by atoms with Gasteiger partial charge in [0, 0.05) is 6.54 Å². The predicted octanol–water partition coefficient (Wildman–Crippen LogP) is 5.19. The predicted molar refractivity (Wildman–Crippen MR) is 148 cm³/mol. The standard InChI is InChI=1S/C33H31NO5/c1-36-27-19-18-23(20-28(27)37-2)21-34-30-29(39-32(35)31(30)34)22-38-33(24-12-6-3-7-13-24,25-14-8-4-9-15-25)26-16-10-5-11-17-26/h3-20,29-31H,21-22H2,1-2H3/t29-,30-,31-,34?/m1/s1. The summed E-state index contributed by atoms with van der Waals surface area (Å²) < 4.78 is 23.6. The van der Waals surface area contributed by atoms with Crippen LogP contribution in [0.4, 0.5) is 0 Å². The van der Waals surface area contributed by atoms with Crippen LogP contribution in [0.1, 0.15) is 22.3 Å². The van der Waals surface area contributed by atoms with Gasteiger partial charge in [-0.15, -0.1) is 0 Å². The lowest BCUT2D eigenvalue weighted by Crippen LogP contribution is -2.38. The smallest absolute Gasteiger partial charge is 0.325 e. The van der Waals surface area contributed by atoms with E-state index in [4.69, 9.17) is 18.9 Å². The highest BCUT2D eigenvalue weighted by atomic mass is 16.6. The topological polar surface area (TPSA) is 57.0 Å². The molecular formula is C33H31NO5. The third kappa shape index (κ3) is 4.56. The Hall–Kier alpha value is -4.13. The maximum absolute atomic E-state index is 12.8. The third-order valence-corrected chi connectivity index (χ3v) is 7.68. The molecule has 0 aliphatic carbocycles. The van der Waals surface area contributed by atoms with E-state index in [1.165, 1.54) is 0 Å². The Morgan fingerprint density at radius 2 is 1.28 bits per heavy atom. The van der Waals surface area contributed by atoms with Crippen LogP contribution in [0.15, 0.2) is 109 Å². The molecule has 39 heavy (non-hydrogen) atoms. The zero-order valence-corrected chi connectivity index (χ0v) is 22.0. The molecule has 0 radical (unpaired) electrons. The second-order valence-corrected chi connectivity index (χ2v) is 9.86. The van der Waals surface area contributed by atoms with Gasteiger partial charge in [-0.2, -0.15) is 0 Å². The molecule has 6 heteroatoms. The van der Waals surface area contributed by atoms with E-state index in [1.54, 1.807) is 14.2 Å². The molecule has 6 rings (SSSR count). The van der Waals surface area contributed by atoms with Crippen LogP contribution in [0.25, 0.3) is 0 Å². The zero-order chi connectivity index (χ0) is 26.8. The highest BCUT2D eigenvalue weighted by Crippen LogP contribution is 2.45. The van der Waals surface area contributed by atoms with E-state index in [-0.39, 0.29) is 30.8 Å². The van der Waals surface area contributed by atoms with Crippen molar-refractivity contribution in [2.24, 2.45) is 0 Å². The van der Waals surface area contributed by atoms with Crippen LogP contribution in [0.5, 0.6) is 11.5 Å². The first kappa shape index (κ1) is 25.2. The van der Waals surface area contributed by atoms with Crippen LogP contribution in [0.2, 0.25) is 0 Å². The molecule has 0 N–H and O–H groups in total. The minimum absolute atomic E-state index is 0.0365. The fourth-order valence-electron chi connectivity index (χ4n) is 5.78. The van der Waals surface area contributed by atoms with Crippen LogP contribution in [0.3, 0.4) is 0 Å². The van der Waals surface area contributed by atoms with Crippen LogP contribution in [-0.2, 0) is 26.4 Å². The number of carbonyl (C=O) groups excluding carboxylic acids is 1. The molecule has 2 heterocycles. The summed E-state index contributed by atoms with van der Waals surface area (Å²) in [6.07, 6.45) is -0.377. The fraction of sp³-hybridized carbons (Fsp3) is 0.242. The first-order chi connectivity index (χ1) is 19.2. The van der Waals surface area contributed by atoms with Gasteiger partial charge in [-0.1, -0.05) is 97.1 Å². The van der Waals surface area contributed by atoms with Crippen molar-refractivity contribution < 1.29 is 23.7 Å². The number of rotatable bonds is 10. The molecule has 6 nitrogen and oxygen atoms in total. The number of morpholine rings is 1. The van der Waals surface area contributed by atoms with Crippen molar-refractivity contribution in [3.05, 3.63) is 131 Å². The van der Waals surface area contributed by atoms with E-state index in [0.29, 0.717) is 18.0 Å². The lowest BCUT2D eigenvalue weighted by Gasteiger charge is -2.36. The van der Waals surface area contributed by atoms with E-state index in [2.05, 4.69) is 41.3 Å². The van der Waals surface area contributed by atoms with E-state index in [9.17, 15) is 4.79 Å². The molecule has 4 aromatic rings. The Labute approximate surface area is 228 Å². The largest absolute Gasteiger partial charge is 0.493 e. The van der Waals surface area contributed by atoms with Crippen molar-refractivity contribution in [2.75, 3.05) is 20.8 Å². The van der Waals surface area contributed by atoms with Gasteiger partial charge in [-0.25, -0.2) is 0 Å². The van der Waals surface area contributed by atoms with Crippen molar-refractivity contribution in [3.8, 4) is 11.5 Å². The number of hydrogen-bond acceptors (Lipinski definition) is 6. The van der Waals surface area contributed by atoms with Gasteiger partial charge in [0.1, 0.15) is 17.7 Å². The molecule has 0 aromatic heterocycles. The third-order valence-electron chi connectivity index (χ3n) is 7.68. The van der Waals surface area contributed by atoms with Crippen LogP contribution in [-0.4, -0.2) is 49.9 Å². The summed E-state index contributed by atoms with van der Waals surface area (Å²) in [4.78, 5) is 15.0. The van der Waals surface area contributed by atoms with Crippen LogP contribution >= 0.6 is 0 Å². The number of esters is 1. The summed E-state index contributed by atoms with van der Waals surface area (Å²) in [6, 6.07) is 36.2. The van der Waals surface area contributed by atoms with Crippen molar-refractivity contribution in [1.29, 1.82) is 0 Å². The van der Waals surface area contributed by atoms with Crippen molar-refractivity contribution in [1.82, 2.24) is 4.90 Å². The molecule has 198 valence electrons. The summed E-state index contributed by atoms with van der Waals surface area (Å²) in [5, 5.41) is 0. The summed E-state index contributed by atoms with van der Waals surface area (Å²) >= 11 is 0. The molecule has 1 unspecified atom stereocenters. The lowest BCUT2D eigenvalue weighted by molar-refractivity contribution is -0.151. The number of cyclic esters (lactones) is 1. The van der Waals surface area contributed by atoms with Crippen molar-refractivity contribution >= 4 is 5.97 Å². The number of carbonyl (C=O) groups is 1. The molecule has 4 aromatic carbocycles. The number of fused-ring (bicyclic) bond motifs is 1. The number of methoxy groups -OCH3 is 2. The van der Waals surface area contributed by atoms with Gasteiger partial charge in [-0.05, 0) is 34.4 Å². The number of benzene rings is 4. The first-order valence-corrected chi connectivity index (χ1v) is 13.1. The minimum Gasteiger partial charge on any atom is -0.493 e. The van der Waals surface area contributed by atoms with Gasteiger partial charge in [-0.3, -0.25) is 9.69 Å². The van der Waals surface area contributed by atoms with Gasteiger partial charge < -0.3 is 18.9 Å². The SMILES string of the molecule is COc1ccc(CN2[C@@H]3[C@@H](COC(c4ccccc4)(c4ccccc4)c4ccccc4)OC(=O)[C@@H]32)cc1OC. The van der Waals surface area contributed by atoms with Crippen LogP contribution in [0, 0.1) is 0 Å². The Morgan fingerprint density at radius 3 is 1.79 bits per heavy atom. The van der Waals surface area contributed by atoms with Gasteiger partial charge >= 0.3 is 5.97 Å². The van der Waals surface area contributed by atoms with Gasteiger partial charge in [0.15, 0.2) is 11.5 Å². The minimum atomic E-state index is -0.864. The van der Waals surface area contributed by atoms with Gasteiger partial charge in [0.2, 0.25) is 0 Å². The molecule has 2 fully saturated rings. The van der Waals surface area contributed by atoms with E-state index in [0.717, 1.165) is 22.3 Å². The van der Waals surface area contributed by atoms with Crippen molar-refractivity contribution in [2.45, 2.75) is 30.3 Å². The maximum Gasteiger partial charge on any atom is 0.325 e. The Kier molecular flexibility index (Phi) is 6.81. The van der Waals surface area contributed by atoms with Crippen LogP contribution < -0.4 is 9.47 Å². The molecule has 2 saturated heterocycles. The molecule has 0 amide bonds. The summed E-state index contributed by atoms with van der Waals surface area (Å²) in [7, 11) is 3.24. The zero-order valence-electron chi connectivity index (χ0n) is 22.0. The maximum atomic E-state index is 12.8. The first-order valence-electron chi connectivity index (χ1n) is 13.1. The fourth-order valence-corrected chi connectivity index (χ4v) is 5.78. The quantitative estimate of drug-likeness (QED) is 0.163. The second-order valence-electron chi connectivity index (χ2n) is 9.86. The molecule has 2 aliphatic heterocycles. The molecule has 0 bridgehead atoms. The molecule has 0 spiro atoms. The Bertz CT molecular complexity index is 1330. The average Bonchev–Trinajstić information content (AvgIpc) is 3.61. The average molecular weight is 522 g/mol. The Morgan fingerprint density at radius 1 is 0.744 bits per heavy atom. The van der Waals surface area contributed by atoms with Gasteiger partial charge in [0.25, 0.3) is 0 Å². The number of nitrogens with zero attached hydrogens (tertiary/aromatic N) is 1. The monoisotopic (exact) mass is 521 g/mol. The lowest BCUT2D eigenvalue weighted by atomic mass is 9.80. The van der Waals surface area contributed by atoms with Crippen molar-refractivity contribution in [3.63, 3.8) is 0 Å². The van der Waals surface area contributed by atoms with E-state index in [1.807, 2.05) is 72.8 Å². The highest BCUT2D eigenvalue weighted by molar-refractivity contribution is 5.83. The number of hydrogen-bond donors (Lipinski definition) is 0. The molecular weight excluding hydrogens is 490 g/mol. The van der Waals surface area contributed by atoms with E-state index < -0.39 is 5.60 Å². The normalized spacial score (nSPS) is 21.6. The molecule has 4 atom stereocenters. The Balaban J connectivity index is 1.28. The van der Waals surface area contributed by atoms with Gasteiger partial charge in [0.05, 0.1) is 26.9 Å².